The van der Waals surface area contributed by atoms with Crippen molar-refractivity contribution in [3.05, 3.63) is 106 Å². The number of benzene rings is 3. The molecule has 10 heteroatoms. The Kier molecular flexibility index (Phi) is 9.98. The number of ether oxygens (including phenoxy) is 2. The summed E-state index contributed by atoms with van der Waals surface area (Å²) in [5.74, 6) is 0.215. The average molecular weight is 574 g/mol. The lowest BCUT2D eigenvalue weighted by atomic mass is 10.2. The molecule has 3 N–H and O–H groups in total. The second-order valence-corrected chi connectivity index (χ2v) is 10.2. The van der Waals surface area contributed by atoms with Gasteiger partial charge in [-0.25, -0.2) is 0 Å². The van der Waals surface area contributed by atoms with Crippen LogP contribution in [0.2, 0.25) is 0 Å². The summed E-state index contributed by atoms with van der Waals surface area (Å²) >= 11 is 2.81. The minimum absolute atomic E-state index is 0.110. The van der Waals surface area contributed by atoms with Gasteiger partial charge in [-0.2, -0.15) is 11.3 Å². The van der Waals surface area contributed by atoms with Crippen LogP contribution in [-0.2, 0) is 9.59 Å². The molecule has 8 nitrogen and oxygen atoms in total. The predicted octanol–water partition coefficient (Wildman–Crippen LogP) is 5.91. The van der Waals surface area contributed by atoms with E-state index < -0.39 is 5.91 Å². The van der Waals surface area contributed by atoms with Crippen LogP contribution in [0.15, 0.2) is 100 Å². The van der Waals surface area contributed by atoms with Gasteiger partial charge in [-0.3, -0.25) is 14.4 Å². The topological polar surface area (TPSA) is 106 Å². The number of hydrogen-bond acceptors (Lipinski definition) is 7. The maximum atomic E-state index is 13.2. The molecule has 0 saturated carbocycles. The van der Waals surface area contributed by atoms with Crippen LogP contribution in [0.5, 0.6) is 11.5 Å². The minimum Gasteiger partial charge on any atom is -0.497 e. The molecule has 40 heavy (non-hydrogen) atoms. The summed E-state index contributed by atoms with van der Waals surface area (Å²) in [5, 5.41) is 12.2. The molecule has 3 aromatic carbocycles. The Bertz CT molecular complexity index is 1480. The molecule has 0 aliphatic carbocycles. The molecule has 4 aromatic rings. The largest absolute Gasteiger partial charge is 0.497 e. The van der Waals surface area contributed by atoms with Crippen LogP contribution in [0.25, 0.3) is 6.08 Å². The van der Waals surface area contributed by atoms with Gasteiger partial charge in [0.1, 0.15) is 17.2 Å². The number of nitrogens with one attached hydrogen (secondary N) is 3. The molecular formula is C30H27N3O5S2. The van der Waals surface area contributed by atoms with Crippen LogP contribution < -0.4 is 25.4 Å². The maximum Gasteiger partial charge on any atom is 0.272 e. The Morgan fingerprint density at radius 2 is 1.60 bits per heavy atom. The Labute approximate surface area is 240 Å². The number of amides is 3. The third-order valence-electron chi connectivity index (χ3n) is 5.48. The highest BCUT2D eigenvalue weighted by Crippen LogP contribution is 2.27. The van der Waals surface area contributed by atoms with E-state index in [2.05, 4.69) is 16.0 Å². The molecule has 0 unspecified atom stereocenters. The Morgan fingerprint density at radius 3 is 2.27 bits per heavy atom. The lowest BCUT2D eigenvalue weighted by molar-refractivity contribution is -0.114. The van der Waals surface area contributed by atoms with Gasteiger partial charge in [-0.05, 0) is 58.8 Å². The van der Waals surface area contributed by atoms with Gasteiger partial charge in [-0.15, -0.1) is 11.8 Å². The van der Waals surface area contributed by atoms with Crippen LogP contribution in [-0.4, -0.2) is 37.7 Å². The molecule has 0 fully saturated rings. The SMILES string of the molecule is COc1cc(NC(=O)CSc2cccc(NC(=O)/C(=C/c3ccsc3)NC(=O)c3ccccc3)c2)cc(OC)c1. The van der Waals surface area contributed by atoms with Gasteiger partial charge in [0.2, 0.25) is 5.91 Å². The maximum absolute atomic E-state index is 13.2. The number of carbonyl (C=O) groups is 3. The lowest BCUT2D eigenvalue weighted by Gasteiger charge is -2.12. The van der Waals surface area contributed by atoms with Crippen LogP contribution in [0.1, 0.15) is 15.9 Å². The Hall–Kier alpha value is -4.54. The first-order valence-corrected chi connectivity index (χ1v) is 14.0. The van der Waals surface area contributed by atoms with E-state index in [9.17, 15) is 14.4 Å². The lowest BCUT2D eigenvalue weighted by Crippen LogP contribution is -2.30. The van der Waals surface area contributed by atoms with Gasteiger partial charge in [0.05, 0.1) is 20.0 Å². The first kappa shape index (κ1) is 28.5. The number of thiophene rings is 1. The fraction of sp³-hybridized carbons (Fsp3) is 0.100. The van der Waals surface area contributed by atoms with Gasteiger partial charge in [0.25, 0.3) is 11.8 Å². The summed E-state index contributed by atoms with van der Waals surface area (Å²) in [6.45, 7) is 0. The number of anilines is 2. The summed E-state index contributed by atoms with van der Waals surface area (Å²) < 4.78 is 10.5. The summed E-state index contributed by atoms with van der Waals surface area (Å²) in [7, 11) is 3.08. The molecule has 0 atom stereocenters. The summed E-state index contributed by atoms with van der Waals surface area (Å²) in [5.41, 5.74) is 2.44. The number of carbonyl (C=O) groups excluding carboxylic acids is 3. The predicted molar refractivity (Wildman–Crippen MR) is 160 cm³/mol. The van der Waals surface area contributed by atoms with E-state index in [0.717, 1.165) is 10.5 Å². The van der Waals surface area contributed by atoms with Crippen LogP contribution in [0, 0.1) is 0 Å². The zero-order valence-corrected chi connectivity index (χ0v) is 23.4. The highest BCUT2D eigenvalue weighted by Gasteiger charge is 2.16. The smallest absolute Gasteiger partial charge is 0.272 e. The molecule has 1 heterocycles. The van der Waals surface area contributed by atoms with Crippen molar-refractivity contribution >= 4 is 58.3 Å². The zero-order chi connectivity index (χ0) is 28.3. The highest BCUT2D eigenvalue weighted by molar-refractivity contribution is 8.00. The monoisotopic (exact) mass is 573 g/mol. The molecular weight excluding hydrogens is 546 g/mol. The molecule has 4 rings (SSSR count). The molecule has 0 aliphatic rings. The first-order chi connectivity index (χ1) is 19.4. The molecule has 204 valence electrons. The van der Waals surface area contributed by atoms with Gasteiger partial charge < -0.3 is 25.4 Å². The van der Waals surface area contributed by atoms with Crippen molar-refractivity contribution in [2.24, 2.45) is 0 Å². The zero-order valence-electron chi connectivity index (χ0n) is 21.8. The number of hydrogen-bond donors (Lipinski definition) is 3. The van der Waals surface area contributed by atoms with Crippen molar-refractivity contribution in [1.29, 1.82) is 0 Å². The number of thioether (sulfide) groups is 1. The Balaban J connectivity index is 1.40. The van der Waals surface area contributed by atoms with Gasteiger partial charge in [-0.1, -0.05) is 24.3 Å². The second kappa shape index (κ2) is 14.0. The van der Waals surface area contributed by atoms with E-state index in [-0.39, 0.29) is 23.3 Å². The fourth-order valence-corrected chi connectivity index (χ4v) is 4.93. The molecule has 0 bridgehead atoms. The van der Waals surface area contributed by atoms with E-state index >= 15 is 0 Å². The normalized spacial score (nSPS) is 10.9. The third-order valence-corrected chi connectivity index (χ3v) is 7.18. The van der Waals surface area contributed by atoms with E-state index in [1.807, 2.05) is 29.0 Å². The Morgan fingerprint density at radius 1 is 0.850 bits per heavy atom. The molecule has 0 radical (unpaired) electrons. The average Bonchev–Trinajstić information content (AvgIpc) is 3.49. The molecule has 1 aromatic heterocycles. The van der Waals surface area contributed by atoms with Crippen LogP contribution >= 0.6 is 23.1 Å². The standard InChI is InChI=1S/C30H27N3O5S2/c1-37-24-14-23(15-25(17-24)38-2)31-28(34)19-40-26-10-6-9-22(16-26)32-30(36)27(13-20-11-12-39-18-20)33-29(35)21-7-4-3-5-8-21/h3-18H,19H2,1-2H3,(H,31,34)(H,32,36)(H,33,35)/b27-13-. The second-order valence-electron chi connectivity index (χ2n) is 8.35. The van der Waals surface area contributed by atoms with Crippen molar-refractivity contribution < 1.29 is 23.9 Å². The van der Waals surface area contributed by atoms with E-state index in [1.165, 1.54) is 23.1 Å². The summed E-state index contributed by atoms with van der Waals surface area (Å²) in [6, 6.07) is 22.8. The quantitative estimate of drug-likeness (QED) is 0.152. The molecule has 0 aliphatic heterocycles. The number of methoxy groups -OCH3 is 2. The van der Waals surface area contributed by atoms with Crippen molar-refractivity contribution in [2.75, 3.05) is 30.6 Å². The fourth-order valence-electron chi connectivity index (χ4n) is 3.55. The van der Waals surface area contributed by atoms with E-state index in [1.54, 1.807) is 81.0 Å². The van der Waals surface area contributed by atoms with Gasteiger partial charge >= 0.3 is 0 Å². The van der Waals surface area contributed by atoms with Gasteiger partial charge in [0, 0.05) is 40.0 Å². The molecule has 0 saturated heterocycles. The minimum atomic E-state index is -0.470. The summed E-state index contributed by atoms with van der Waals surface area (Å²) in [4.78, 5) is 39.3. The third kappa shape index (κ3) is 8.23. The van der Waals surface area contributed by atoms with Gasteiger partial charge in [0.15, 0.2) is 0 Å². The molecule has 3 amide bonds. The van der Waals surface area contributed by atoms with Crippen LogP contribution in [0.4, 0.5) is 11.4 Å². The van der Waals surface area contributed by atoms with E-state index in [0.29, 0.717) is 28.4 Å². The first-order valence-electron chi connectivity index (χ1n) is 12.1. The van der Waals surface area contributed by atoms with Crippen molar-refractivity contribution in [3.63, 3.8) is 0 Å². The van der Waals surface area contributed by atoms with Crippen molar-refractivity contribution in [2.45, 2.75) is 4.90 Å². The molecule has 0 spiro atoms. The highest BCUT2D eigenvalue weighted by atomic mass is 32.2. The number of rotatable bonds is 11. The van der Waals surface area contributed by atoms with E-state index in [4.69, 9.17) is 9.47 Å². The van der Waals surface area contributed by atoms with Crippen LogP contribution in [0.3, 0.4) is 0 Å². The summed E-state index contributed by atoms with van der Waals surface area (Å²) in [6.07, 6.45) is 1.63. The van der Waals surface area contributed by atoms with Crippen molar-refractivity contribution in [1.82, 2.24) is 5.32 Å². The van der Waals surface area contributed by atoms with Crippen molar-refractivity contribution in [3.8, 4) is 11.5 Å².